The van der Waals surface area contributed by atoms with Gasteiger partial charge in [0.25, 0.3) is 0 Å². The van der Waals surface area contributed by atoms with Gasteiger partial charge in [-0.2, -0.15) is 0 Å². The van der Waals surface area contributed by atoms with Gasteiger partial charge in [0.05, 0.1) is 6.04 Å². The summed E-state index contributed by atoms with van der Waals surface area (Å²) >= 11 is 1.94. The lowest BCUT2D eigenvalue weighted by Crippen LogP contribution is -2.38. The lowest BCUT2D eigenvalue weighted by Gasteiger charge is -2.30. The van der Waals surface area contributed by atoms with Gasteiger partial charge in [0.15, 0.2) is 5.82 Å². The number of hydrogen-bond donors (Lipinski definition) is 1. The third-order valence-electron chi connectivity index (χ3n) is 4.63. The monoisotopic (exact) mass is 264 g/mol. The van der Waals surface area contributed by atoms with E-state index in [1.807, 2.05) is 11.8 Å². The molecular formula is C13H20N4S. The van der Waals surface area contributed by atoms with E-state index in [4.69, 9.17) is 0 Å². The summed E-state index contributed by atoms with van der Waals surface area (Å²) in [6, 6.07) is 0.640. The molecule has 4 rings (SSSR count). The van der Waals surface area contributed by atoms with Gasteiger partial charge >= 0.3 is 0 Å². The van der Waals surface area contributed by atoms with E-state index in [0.29, 0.717) is 12.0 Å². The van der Waals surface area contributed by atoms with Crippen molar-refractivity contribution in [1.29, 1.82) is 0 Å². The van der Waals surface area contributed by atoms with E-state index in [1.54, 1.807) is 0 Å². The summed E-state index contributed by atoms with van der Waals surface area (Å²) in [6.45, 7) is 0. The molecule has 0 amide bonds. The van der Waals surface area contributed by atoms with Crippen molar-refractivity contribution >= 4 is 11.8 Å². The molecule has 2 heterocycles. The second-order valence-corrected chi connectivity index (χ2v) is 7.04. The first kappa shape index (κ1) is 11.1. The van der Waals surface area contributed by atoms with Gasteiger partial charge in [0.1, 0.15) is 0 Å². The molecule has 0 saturated heterocycles. The van der Waals surface area contributed by atoms with Crippen LogP contribution in [-0.2, 0) is 0 Å². The summed E-state index contributed by atoms with van der Waals surface area (Å²) in [5.41, 5.74) is 3.68. The van der Waals surface area contributed by atoms with E-state index in [0.717, 1.165) is 10.4 Å². The zero-order valence-corrected chi connectivity index (χ0v) is 11.5. The van der Waals surface area contributed by atoms with E-state index < -0.39 is 0 Å². The third kappa shape index (κ3) is 1.75. The first-order valence-electron chi connectivity index (χ1n) is 7.30. The third-order valence-corrected chi connectivity index (χ3v) is 5.97. The summed E-state index contributed by atoms with van der Waals surface area (Å²) in [5, 5.41) is 10.7. The molecule has 1 aromatic heterocycles. The molecule has 2 aliphatic carbocycles. The Morgan fingerprint density at radius 1 is 1.00 bits per heavy atom. The van der Waals surface area contributed by atoms with Crippen molar-refractivity contribution < 1.29 is 0 Å². The number of hydrogen-bond acceptors (Lipinski definition) is 4. The number of fused-ring (bicyclic) bond motifs is 2. The van der Waals surface area contributed by atoms with Crippen molar-refractivity contribution in [2.75, 3.05) is 5.43 Å². The largest absolute Gasteiger partial charge is 0.318 e. The Bertz CT molecular complexity index is 438. The van der Waals surface area contributed by atoms with Crippen LogP contribution < -0.4 is 5.43 Å². The van der Waals surface area contributed by atoms with E-state index in [9.17, 15) is 0 Å². The maximum atomic E-state index is 4.48. The van der Waals surface area contributed by atoms with Crippen molar-refractivity contribution in [3.8, 4) is 0 Å². The summed E-state index contributed by atoms with van der Waals surface area (Å²) in [6.07, 6.45) is 10.7. The van der Waals surface area contributed by atoms with E-state index in [1.165, 1.54) is 57.2 Å². The molecule has 0 bridgehead atoms. The average molecular weight is 264 g/mol. The maximum absolute atomic E-state index is 4.48. The number of rotatable bonds is 1. The summed E-state index contributed by atoms with van der Waals surface area (Å²) in [5.74, 6) is 1.83. The Morgan fingerprint density at radius 3 is 2.78 bits per heavy atom. The highest BCUT2D eigenvalue weighted by atomic mass is 32.2. The lowest BCUT2D eigenvalue weighted by molar-refractivity contribution is 0.415. The molecule has 0 spiro atoms. The van der Waals surface area contributed by atoms with Crippen LogP contribution in [0.3, 0.4) is 0 Å². The quantitative estimate of drug-likeness (QED) is 0.847. The maximum Gasteiger partial charge on any atom is 0.210 e. The molecular weight excluding hydrogens is 244 g/mol. The summed E-state index contributed by atoms with van der Waals surface area (Å²) in [4.78, 5) is 0. The predicted molar refractivity (Wildman–Crippen MR) is 72.5 cm³/mol. The van der Waals surface area contributed by atoms with Crippen LogP contribution in [0.2, 0.25) is 0 Å². The molecule has 1 aliphatic heterocycles. The van der Waals surface area contributed by atoms with Gasteiger partial charge < -0.3 is 5.43 Å². The van der Waals surface area contributed by atoms with Gasteiger partial charge in [0, 0.05) is 11.2 Å². The first-order valence-corrected chi connectivity index (χ1v) is 8.18. The van der Waals surface area contributed by atoms with Crippen molar-refractivity contribution in [3.63, 3.8) is 0 Å². The van der Waals surface area contributed by atoms with Crippen LogP contribution in [-0.4, -0.2) is 26.2 Å². The van der Waals surface area contributed by atoms with E-state index in [2.05, 4.69) is 20.3 Å². The van der Waals surface area contributed by atoms with E-state index in [-0.39, 0.29) is 0 Å². The second kappa shape index (κ2) is 4.44. The number of thioether (sulfide) groups is 1. The van der Waals surface area contributed by atoms with Crippen LogP contribution in [0.5, 0.6) is 0 Å². The van der Waals surface area contributed by atoms with Crippen LogP contribution in [0.15, 0.2) is 5.16 Å². The van der Waals surface area contributed by atoms with Crippen LogP contribution in [0.4, 0.5) is 0 Å². The van der Waals surface area contributed by atoms with Crippen molar-refractivity contribution in [2.45, 2.75) is 73.7 Å². The van der Waals surface area contributed by atoms with Crippen LogP contribution in [0.1, 0.15) is 63.1 Å². The van der Waals surface area contributed by atoms with Crippen LogP contribution in [0, 0.1) is 0 Å². The van der Waals surface area contributed by atoms with Gasteiger partial charge in [-0.25, -0.2) is 4.68 Å². The minimum atomic E-state index is 0.631. The first-order chi connectivity index (χ1) is 8.92. The van der Waals surface area contributed by atoms with Crippen LogP contribution in [0.25, 0.3) is 0 Å². The number of aromatic nitrogens is 3. The molecule has 1 aromatic rings. The molecule has 4 nitrogen and oxygen atoms in total. The van der Waals surface area contributed by atoms with Crippen molar-refractivity contribution in [3.05, 3.63) is 5.82 Å². The Labute approximate surface area is 112 Å². The zero-order valence-electron chi connectivity index (χ0n) is 10.6. The fraction of sp³-hybridized carbons (Fsp3) is 0.846. The molecule has 3 aliphatic rings. The Hall–Kier alpha value is -0.710. The van der Waals surface area contributed by atoms with E-state index >= 15 is 0 Å². The van der Waals surface area contributed by atoms with Crippen molar-refractivity contribution in [1.82, 2.24) is 14.9 Å². The molecule has 2 fully saturated rings. The molecule has 18 heavy (non-hydrogen) atoms. The van der Waals surface area contributed by atoms with Gasteiger partial charge in [-0.1, -0.05) is 37.4 Å². The fourth-order valence-electron chi connectivity index (χ4n) is 3.62. The molecule has 2 atom stereocenters. The Balaban J connectivity index is 1.62. The fourth-order valence-corrected chi connectivity index (χ4v) is 4.88. The second-order valence-electron chi connectivity index (χ2n) is 5.83. The minimum Gasteiger partial charge on any atom is -0.318 e. The van der Waals surface area contributed by atoms with Gasteiger partial charge in [0.2, 0.25) is 5.16 Å². The SMILES string of the molecule is C1CCC(c2nnc3n2NC2CCCC2S3)CC1. The van der Waals surface area contributed by atoms with Gasteiger partial charge in [-0.05, 0) is 25.7 Å². The highest BCUT2D eigenvalue weighted by molar-refractivity contribution is 7.99. The lowest BCUT2D eigenvalue weighted by atomic mass is 9.89. The normalized spacial score (nSPS) is 31.8. The Morgan fingerprint density at radius 2 is 1.89 bits per heavy atom. The standard InChI is InChI=1S/C13H20N4S/c1-2-5-9(6-3-1)12-14-15-13-17(12)16-10-7-4-8-11(10)18-13/h9-11,16H,1-8H2. The molecule has 0 radical (unpaired) electrons. The van der Waals surface area contributed by atoms with Gasteiger partial charge in [-0.3, -0.25) is 0 Å². The number of nitrogens with one attached hydrogen (secondary N) is 1. The van der Waals surface area contributed by atoms with Crippen molar-refractivity contribution in [2.24, 2.45) is 0 Å². The molecule has 1 N–H and O–H groups in total. The highest BCUT2D eigenvalue weighted by Crippen LogP contribution is 2.40. The molecule has 2 saturated carbocycles. The highest BCUT2D eigenvalue weighted by Gasteiger charge is 2.36. The van der Waals surface area contributed by atoms with Gasteiger partial charge in [-0.15, -0.1) is 10.2 Å². The molecule has 98 valence electrons. The predicted octanol–water partition coefficient (Wildman–Crippen LogP) is 2.90. The minimum absolute atomic E-state index is 0.631. The smallest absolute Gasteiger partial charge is 0.210 e. The molecule has 2 unspecified atom stereocenters. The Kier molecular flexibility index (Phi) is 2.75. The molecule has 0 aromatic carbocycles. The summed E-state index contributed by atoms with van der Waals surface area (Å²) in [7, 11) is 0. The topological polar surface area (TPSA) is 42.7 Å². The average Bonchev–Trinajstić information content (AvgIpc) is 3.02. The zero-order chi connectivity index (χ0) is 11.9. The summed E-state index contributed by atoms with van der Waals surface area (Å²) < 4.78 is 2.22. The van der Waals surface area contributed by atoms with Crippen LogP contribution >= 0.6 is 11.8 Å². The number of nitrogens with zero attached hydrogens (tertiary/aromatic N) is 3. The molecule has 5 heteroatoms.